The van der Waals surface area contributed by atoms with E-state index in [9.17, 15) is 8.42 Å². The number of sulfonamides is 1. The van der Waals surface area contributed by atoms with Crippen LogP contribution in [0, 0.1) is 0 Å². The van der Waals surface area contributed by atoms with Crippen LogP contribution in [0.25, 0.3) is 0 Å². The Morgan fingerprint density at radius 2 is 2.17 bits per heavy atom. The van der Waals surface area contributed by atoms with Crippen molar-refractivity contribution in [3.63, 3.8) is 0 Å². The summed E-state index contributed by atoms with van der Waals surface area (Å²) in [4.78, 5) is 0.363. The second kappa shape index (κ2) is 5.89. The number of ether oxygens (including phenoxy) is 1. The summed E-state index contributed by atoms with van der Waals surface area (Å²) < 4.78 is 35.3. The van der Waals surface area contributed by atoms with Gasteiger partial charge in [0.15, 0.2) is 0 Å². The molecule has 1 aromatic carbocycles. The molecule has 1 atom stereocenters. The van der Waals surface area contributed by atoms with Crippen LogP contribution in [0.5, 0.6) is 5.75 Å². The minimum atomic E-state index is -3.53. The molecule has 1 saturated heterocycles. The average molecular weight is 347 g/mol. The molecule has 2 aliphatic heterocycles. The lowest BCUT2D eigenvalue weighted by molar-refractivity contribution is 0.256. The zero-order chi connectivity index (χ0) is 16.7. The van der Waals surface area contributed by atoms with E-state index in [-0.39, 0.29) is 6.04 Å². The topological polar surface area (TPSA) is 64.4 Å². The molecular weight excluding hydrogens is 326 g/mol. The first kappa shape index (κ1) is 15.7. The Morgan fingerprint density at radius 3 is 2.96 bits per heavy atom. The van der Waals surface area contributed by atoms with E-state index in [0.717, 1.165) is 42.6 Å². The molecule has 0 N–H and O–H groups in total. The molecular formula is C17H21N3O3S. The predicted molar refractivity (Wildman–Crippen MR) is 89.3 cm³/mol. The van der Waals surface area contributed by atoms with Gasteiger partial charge in [0.2, 0.25) is 10.0 Å². The van der Waals surface area contributed by atoms with Crippen LogP contribution < -0.4 is 4.74 Å². The number of aromatic nitrogens is 2. The first-order chi connectivity index (χ1) is 11.6. The monoisotopic (exact) mass is 347 g/mol. The van der Waals surface area contributed by atoms with Crippen LogP contribution in [0.2, 0.25) is 0 Å². The Bertz CT molecular complexity index is 860. The summed E-state index contributed by atoms with van der Waals surface area (Å²) in [6.45, 7) is 1.18. The van der Waals surface area contributed by atoms with Crippen molar-refractivity contribution in [2.24, 2.45) is 7.05 Å². The van der Waals surface area contributed by atoms with Crippen molar-refractivity contribution in [3.8, 4) is 5.75 Å². The van der Waals surface area contributed by atoms with Crippen LogP contribution in [0.1, 0.15) is 36.4 Å². The lowest BCUT2D eigenvalue weighted by Gasteiger charge is -2.34. The highest BCUT2D eigenvalue weighted by molar-refractivity contribution is 7.89. The van der Waals surface area contributed by atoms with E-state index < -0.39 is 10.0 Å². The van der Waals surface area contributed by atoms with Crippen molar-refractivity contribution in [2.45, 2.75) is 36.6 Å². The van der Waals surface area contributed by atoms with Gasteiger partial charge in [-0.15, -0.1) is 0 Å². The first-order valence-electron chi connectivity index (χ1n) is 8.32. The van der Waals surface area contributed by atoms with Gasteiger partial charge >= 0.3 is 0 Å². The molecule has 1 fully saturated rings. The number of rotatable bonds is 3. The van der Waals surface area contributed by atoms with Gasteiger partial charge in [-0.2, -0.15) is 9.40 Å². The van der Waals surface area contributed by atoms with E-state index in [4.69, 9.17) is 4.74 Å². The Hall–Kier alpha value is -1.86. The van der Waals surface area contributed by atoms with Crippen molar-refractivity contribution in [1.82, 2.24) is 14.1 Å². The summed E-state index contributed by atoms with van der Waals surface area (Å²) in [5.41, 5.74) is 1.94. The fourth-order valence-electron chi connectivity index (χ4n) is 3.60. The van der Waals surface area contributed by atoms with Crippen molar-refractivity contribution >= 4 is 10.0 Å². The third-order valence-corrected chi connectivity index (χ3v) is 6.73. The fourth-order valence-corrected chi connectivity index (χ4v) is 5.33. The second-order valence-corrected chi connectivity index (χ2v) is 8.33. The molecule has 128 valence electrons. The molecule has 0 bridgehead atoms. The Balaban J connectivity index is 1.71. The van der Waals surface area contributed by atoms with Crippen LogP contribution in [-0.2, 0) is 23.5 Å². The van der Waals surface area contributed by atoms with E-state index >= 15 is 0 Å². The number of benzene rings is 1. The van der Waals surface area contributed by atoms with Gasteiger partial charge in [-0.3, -0.25) is 4.68 Å². The second-order valence-electron chi connectivity index (χ2n) is 6.44. The molecule has 24 heavy (non-hydrogen) atoms. The van der Waals surface area contributed by atoms with Gasteiger partial charge in [0.05, 0.1) is 23.7 Å². The summed E-state index contributed by atoms with van der Waals surface area (Å²) in [7, 11) is -1.68. The van der Waals surface area contributed by atoms with Gasteiger partial charge in [-0.05, 0) is 36.6 Å². The van der Waals surface area contributed by atoms with Crippen LogP contribution in [0.3, 0.4) is 0 Å². The predicted octanol–water partition coefficient (Wildman–Crippen LogP) is 2.27. The molecule has 2 aromatic rings. The normalized spacial score (nSPS) is 21.5. The molecule has 7 heteroatoms. The summed E-state index contributed by atoms with van der Waals surface area (Å²) in [6.07, 6.45) is 7.21. The number of fused-ring (bicyclic) bond motifs is 1. The number of hydrogen-bond acceptors (Lipinski definition) is 4. The maximum atomic E-state index is 13.2. The highest BCUT2D eigenvalue weighted by Gasteiger charge is 2.35. The van der Waals surface area contributed by atoms with E-state index in [1.165, 1.54) is 0 Å². The molecule has 1 aromatic heterocycles. The highest BCUT2D eigenvalue weighted by atomic mass is 32.2. The van der Waals surface area contributed by atoms with Crippen molar-refractivity contribution in [3.05, 3.63) is 41.7 Å². The number of piperidine rings is 1. The lowest BCUT2D eigenvalue weighted by Crippen LogP contribution is -2.38. The van der Waals surface area contributed by atoms with Crippen LogP contribution >= 0.6 is 0 Å². The minimum absolute atomic E-state index is 0.137. The Kier molecular flexibility index (Phi) is 3.85. The molecule has 0 unspecified atom stereocenters. The molecule has 6 nitrogen and oxygen atoms in total. The summed E-state index contributed by atoms with van der Waals surface area (Å²) in [5, 5.41) is 4.21. The lowest BCUT2D eigenvalue weighted by atomic mass is 10.0. The van der Waals surface area contributed by atoms with Crippen LogP contribution in [-0.4, -0.2) is 35.7 Å². The van der Waals surface area contributed by atoms with Crippen LogP contribution in [0.4, 0.5) is 0 Å². The number of hydrogen-bond donors (Lipinski definition) is 0. The average Bonchev–Trinajstić information content (AvgIpc) is 3.22. The maximum Gasteiger partial charge on any atom is 0.243 e. The standard InChI is InChI=1S/C17H21N3O3S/c1-19-12-14(11-18-19)16-4-2-3-8-20(16)24(21,22)15-5-6-17-13(10-15)7-9-23-17/h5-6,10-12,16H,2-4,7-9H2,1H3/t16-/m1/s1. The maximum absolute atomic E-state index is 13.2. The molecule has 2 aliphatic rings. The highest BCUT2D eigenvalue weighted by Crippen LogP contribution is 2.36. The Morgan fingerprint density at radius 1 is 1.29 bits per heavy atom. The number of aryl methyl sites for hydroxylation is 1. The Labute approximate surface area is 142 Å². The van der Waals surface area contributed by atoms with Gasteiger partial charge in [-0.1, -0.05) is 6.42 Å². The van der Waals surface area contributed by atoms with Crippen molar-refractivity contribution < 1.29 is 13.2 Å². The minimum Gasteiger partial charge on any atom is -0.493 e. The van der Waals surface area contributed by atoms with Crippen LogP contribution in [0.15, 0.2) is 35.5 Å². The summed E-state index contributed by atoms with van der Waals surface area (Å²) >= 11 is 0. The third kappa shape index (κ3) is 2.61. The van der Waals surface area contributed by atoms with Gasteiger partial charge < -0.3 is 4.74 Å². The fraction of sp³-hybridized carbons (Fsp3) is 0.471. The molecule has 0 spiro atoms. The third-order valence-electron chi connectivity index (χ3n) is 4.83. The summed E-state index contributed by atoms with van der Waals surface area (Å²) in [5.74, 6) is 0.802. The van der Waals surface area contributed by atoms with Gasteiger partial charge in [0.1, 0.15) is 5.75 Å². The van der Waals surface area contributed by atoms with E-state index in [1.54, 1.807) is 33.4 Å². The molecule has 0 saturated carbocycles. The van der Waals surface area contributed by atoms with E-state index in [0.29, 0.717) is 18.0 Å². The quantitative estimate of drug-likeness (QED) is 0.854. The smallest absolute Gasteiger partial charge is 0.243 e. The zero-order valence-corrected chi connectivity index (χ0v) is 14.5. The largest absolute Gasteiger partial charge is 0.493 e. The van der Waals surface area contributed by atoms with Gasteiger partial charge in [-0.25, -0.2) is 8.42 Å². The molecule has 0 amide bonds. The zero-order valence-electron chi connectivity index (χ0n) is 13.7. The molecule has 4 rings (SSSR count). The summed E-state index contributed by atoms with van der Waals surface area (Å²) in [6, 6.07) is 5.07. The van der Waals surface area contributed by atoms with Crippen molar-refractivity contribution in [1.29, 1.82) is 0 Å². The van der Waals surface area contributed by atoms with Gasteiger partial charge in [0, 0.05) is 31.8 Å². The van der Waals surface area contributed by atoms with E-state index in [2.05, 4.69) is 5.10 Å². The van der Waals surface area contributed by atoms with Gasteiger partial charge in [0.25, 0.3) is 0 Å². The van der Waals surface area contributed by atoms with E-state index in [1.807, 2.05) is 13.2 Å². The molecule has 0 aliphatic carbocycles. The molecule has 3 heterocycles. The molecule has 0 radical (unpaired) electrons. The number of nitrogens with zero attached hydrogens (tertiary/aromatic N) is 3. The SMILES string of the molecule is Cn1cc([C@H]2CCCCN2S(=O)(=O)c2ccc3c(c2)CCO3)cn1. The first-order valence-corrected chi connectivity index (χ1v) is 9.76. The van der Waals surface area contributed by atoms with Crippen molar-refractivity contribution in [2.75, 3.05) is 13.2 Å².